The Kier molecular flexibility index (Phi) is 4.60. The van der Waals surface area contributed by atoms with Crippen molar-refractivity contribution in [2.45, 2.75) is 25.8 Å². The summed E-state index contributed by atoms with van der Waals surface area (Å²) >= 11 is 2.04. The Balaban J connectivity index is 2.03. The van der Waals surface area contributed by atoms with E-state index in [0.717, 1.165) is 38.5 Å². The second-order valence-corrected chi connectivity index (χ2v) is 7.48. The summed E-state index contributed by atoms with van der Waals surface area (Å²) in [6.07, 6.45) is 1.25. The molecular formula is C13H28N4S. The first kappa shape index (κ1) is 14.6. The van der Waals surface area contributed by atoms with Crippen LogP contribution in [0, 0.1) is 5.41 Å². The second-order valence-electron chi connectivity index (χ2n) is 6.37. The fraction of sp³-hybridized carbons (Fsp3) is 1.00. The lowest BCUT2D eigenvalue weighted by Crippen LogP contribution is -2.70. The highest BCUT2D eigenvalue weighted by Crippen LogP contribution is 2.41. The molecule has 3 N–H and O–H groups in total. The molecule has 18 heavy (non-hydrogen) atoms. The number of piperazine rings is 1. The van der Waals surface area contributed by atoms with Crippen LogP contribution < -0.4 is 11.2 Å². The fourth-order valence-corrected chi connectivity index (χ4v) is 4.51. The molecule has 0 bridgehead atoms. The third-order valence-electron chi connectivity index (χ3n) is 4.74. The van der Waals surface area contributed by atoms with Gasteiger partial charge in [-0.1, -0.05) is 13.8 Å². The summed E-state index contributed by atoms with van der Waals surface area (Å²) in [7, 11) is 2.19. The molecule has 106 valence electrons. The van der Waals surface area contributed by atoms with Gasteiger partial charge in [-0.25, -0.2) is 10.4 Å². The van der Waals surface area contributed by atoms with E-state index in [2.05, 4.69) is 36.2 Å². The van der Waals surface area contributed by atoms with Gasteiger partial charge in [0.05, 0.1) is 5.54 Å². The topological polar surface area (TPSA) is 44.5 Å². The second kappa shape index (κ2) is 5.67. The highest BCUT2D eigenvalue weighted by Gasteiger charge is 2.47. The van der Waals surface area contributed by atoms with Gasteiger partial charge in [-0.3, -0.25) is 0 Å². The average molecular weight is 272 g/mol. The van der Waals surface area contributed by atoms with E-state index >= 15 is 0 Å². The monoisotopic (exact) mass is 272 g/mol. The van der Waals surface area contributed by atoms with E-state index in [1.165, 1.54) is 12.2 Å². The molecule has 0 aromatic rings. The molecule has 2 fully saturated rings. The lowest BCUT2D eigenvalue weighted by molar-refractivity contribution is 0.00857. The van der Waals surface area contributed by atoms with E-state index in [0.29, 0.717) is 0 Å². The smallest absolute Gasteiger partial charge is 0.0589 e. The third-order valence-corrected chi connectivity index (χ3v) is 5.93. The number of nitrogens with one attached hydrogen (secondary N) is 1. The first-order valence-corrected chi connectivity index (χ1v) is 8.14. The Labute approximate surface area is 116 Å². The van der Waals surface area contributed by atoms with Crippen molar-refractivity contribution in [3.05, 3.63) is 0 Å². The third kappa shape index (κ3) is 2.85. The van der Waals surface area contributed by atoms with Gasteiger partial charge >= 0.3 is 0 Å². The van der Waals surface area contributed by atoms with Gasteiger partial charge in [0, 0.05) is 38.5 Å². The van der Waals surface area contributed by atoms with E-state index in [-0.39, 0.29) is 11.0 Å². The molecule has 2 aliphatic rings. The number of thioether (sulfide) groups is 1. The summed E-state index contributed by atoms with van der Waals surface area (Å²) in [4.78, 5) is 2.38. The molecule has 0 spiro atoms. The van der Waals surface area contributed by atoms with Crippen LogP contribution in [0.15, 0.2) is 0 Å². The number of nitrogens with two attached hydrogens (primary N) is 1. The molecule has 1 atom stereocenters. The molecule has 0 aromatic carbocycles. The zero-order valence-corrected chi connectivity index (χ0v) is 12.9. The predicted octanol–water partition coefficient (Wildman–Crippen LogP) is 0.599. The maximum atomic E-state index is 6.15. The molecule has 0 aliphatic carbocycles. The number of likely N-dealkylation sites (N-methyl/N-ethyl adjacent to an activating group) is 1. The Bertz CT molecular complexity index is 276. The van der Waals surface area contributed by atoms with Crippen LogP contribution in [-0.4, -0.2) is 66.7 Å². The van der Waals surface area contributed by atoms with Crippen molar-refractivity contribution < 1.29 is 0 Å². The Hall–Kier alpha value is 0.190. The van der Waals surface area contributed by atoms with Crippen LogP contribution in [0.3, 0.4) is 0 Å². The van der Waals surface area contributed by atoms with Gasteiger partial charge in [-0.2, -0.15) is 11.8 Å². The van der Waals surface area contributed by atoms with E-state index in [4.69, 9.17) is 5.73 Å². The molecular weight excluding hydrogens is 244 g/mol. The highest BCUT2D eigenvalue weighted by atomic mass is 32.2. The maximum absolute atomic E-state index is 6.15. The SMILES string of the molecule is CN1CCN(NC2(CN)CSCCC2(C)C)CC1. The molecule has 2 aliphatic heterocycles. The van der Waals surface area contributed by atoms with Crippen molar-refractivity contribution in [1.29, 1.82) is 0 Å². The van der Waals surface area contributed by atoms with Crippen LogP contribution in [0.4, 0.5) is 0 Å². The summed E-state index contributed by atoms with van der Waals surface area (Å²) in [5.41, 5.74) is 10.3. The van der Waals surface area contributed by atoms with Crippen LogP contribution in [0.1, 0.15) is 20.3 Å². The van der Waals surface area contributed by atoms with Gasteiger partial charge in [0.1, 0.15) is 0 Å². The van der Waals surface area contributed by atoms with Crippen molar-refractivity contribution in [3.63, 3.8) is 0 Å². The van der Waals surface area contributed by atoms with Crippen LogP contribution in [0.2, 0.25) is 0 Å². The van der Waals surface area contributed by atoms with Gasteiger partial charge in [-0.15, -0.1) is 0 Å². The van der Waals surface area contributed by atoms with Crippen LogP contribution in [-0.2, 0) is 0 Å². The molecule has 1 unspecified atom stereocenters. The summed E-state index contributed by atoms with van der Waals surface area (Å²) in [5.74, 6) is 2.39. The van der Waals surface area contributed by atoms with Crippen molar-refractivity contribution in [1.82, 2.24) is 15.3 Å². The first-order valence-electron chi connectivity index (χ1n) is 6.98. The highest BCUT2D eigenvalue weighted by molar-refractivity contribution is 7.99. The van der Waals surface area contributed by atoms with Gasteiger partial charge in [0.15, 0.2) is 0 Å². The molecule has 0 radical (unpaired) electrons. The number of hydrogen-bond acceptors (Lipinski definition) is 5. The van der Waals surface area contributed by atoms with E-state index < -0.39 is 0 Å². The lowest BCUT2D eigenvalue weighted by atomic mass is 9.71. The normalized spacial score (nSPS) is 34.7. The summed E-state index contributed by atoms with van der Waals surface area (Å²) in [6, 6.07) is 0. The van der Waals surface area contributed by atoms with Crippen molar-refractivity contribution in [2.75, 3.05) is 51.3 Å². The summed E-state index contributed by atoms with van der Waals surface area (Å²) in [6.45, 7) is 9.92. The average Bonchev–Trinajstić information content (AvgIpc) is 2.34. The number of nitrogens with zero attached hydrogens (tertiary/aromatic N) is 2. The van der Waals surface area contributed by atoms with Crippen LogP contribution in [0.25, 0.3) is 0 Å². The van der Waals surface area contributed by atoms with Gasteiger partial charge in [0.2, 0.25) is 0 Å². The van der Waals surface area contributed by atoms with Crippen molar-refractivity contribution >= 4 is 11.8 Å². The van der Waals surface area contributed by atoms with Gasteiger partial charge < -0.3 is 10.6 Å². The quantitative estimate of drug-likeness (QED) is 0.788. The first-order chi connectivity index (χ1) is 8.49. The summed E-state index contributed by atoms with van der Waals surface area (Å²) in [5, 5.41) is 2.39. The molecule has 2 rings (SSSR count). The largest absolute Gasteiger partial charge is 0.329 e. The van der Waals surface area contributed by atoms with E-state index in [1.807, 2.05) is 11.8 Å². The molecule has 5 heteroatoms. The van der Waals surface area contributed by atoms with Crippen LogP contribution in [0.5, 0.6) is 0 Å². The molecule has 0 saturated carbocycles. The molecule has 4 nitrogen and oxygen atoms in total. The van der Waals surface area contributed by atoms with Crippen LogP contribution >= 0.6 is 11.8 Å². The van der Waals surface area contributed by atoms with E-state index in [9.17, 15) is 0 Å². The Morgan fingerprint density at radius 1 is 1.22 bits per heavy atom. The number of hydrogen-bond donors (Lipinski definition) is 2. The minimum atomic E-state index is 0.0613. The number of hydrazine groups is 1. The molecule has 0 aromatic heterocycles. The molecule has 2 saturated heterocycles. The van der Waals surface area contributed by atoms with Crippen molar-refractivity contribution in [3.8, 4) is 0 Å². The predicted molar refractivity (Wildman–Crippen MR) is 79.7 cm³/mol. The molecule has 0 amide bonds. The standard InChI is InChI=1S/C13H28N4S/c1-12(2)4-9-18-11-13(12,10-14)15-17-7-5-16(3)6-8-17/h15H,4-11,14H2,1-3H3. The lowest BCUT2D eigenvalue weighted by Gasteiger charge is -2.52. The minimum Gasteiger partial charge on any atom is -0.329 e. The Morgan fingerprint density at radius 3 is 2.44 bits per heavy atom. The van der Waals surface area contributed by atoms with E-state index in [1.54, 1.807) is 0 Å². The fourth-order valence-electron chi connectivity index (χ4n) is 2.79. The minimum absolute atomic E-state index is 0.0613. The zero-order valence-electron chi connectivity index (χ0n) is 12.0. The van der Waals surface area contributed by atoms with Gasteiger partial charge in [0.25, 0.3) is 0 Å². The Morgan fingerprint density at radius 2 is 1.89 bits per heavy atom. The maximum Gasteiger partial charge on any atom is 0.0589 e. The van der Waals surface area contributed by atoms with Gasteiger partial charge in [-0.05, 0) is 24.6 Å². The summed E-state index contributed by atoms with van der Waals surface area (Å²) < 4.78 is 0. The van der Waals surface area contributed by atoms with Crippen molar-refractivity contribution in [2.24, 2.45) is 11.1 Å². The molecule has 2 heterocycles. The number of rotatable bonds is 3. The zero-order chi connectivity index (χ0) is 13.2.